The van der Waals surface area contributed by atoms with E-state index in [4.69, 9.17) is 0 Å². The summed E-state index contributed by atoms with van der Waals surface area (Å²) in [6.45, 7) is 1.58. The molecule has 0 saturated carbocycles. The monoisotopic (exact) mass is 455 g/mol. The van der Waals surface area contributed by atoms with Gasteiger partial charge in [-0.15, -0.1) is 11.3 Å². The standard InChI is InChI=1S/C20H26FN3O4S2/c21-17-6-8-18(9-7-17)22-10-12-23(13-11-22)30(27,28)15-19(24(26)16-25)3-1-4-20-5-2-14-29-20/h2,5-9,14,16,19,26H,1,3-4,10-13,15H2. The molecule has 1 aromatic heterocycles. The third kappa shape index (κ3) is 6.00. The molecule has 1 aliphatic rings. The van der Waals surface area contributed by atoms with Crippen molar-refractivity contribution in [1.29, 1.82) is 0 Å². The van der Waals surface area contributed by atoms with Gasteiger partial charge < -0.3 is 4.90 Å². The number of hydrogen-bond acceptors (Lipinski definition) is 6. The highest BCUT2D eigenvalue weighted by Gasteiger charge is 2.31. The number of rotatable bonds is 10. The number of amides is 1. The Labute approximate surface area is 180 Å². The molecule has 3 rings (SSSR count). The van der Waals surface area contributed by atoms with E-state index < -0.39 is 16.1 Å². The lowest BCUT2D eigenvalue weighted by molar-refractivity contribution is -0.158. The fraction of sp³-hybridized carbons (Fsp3) is 0.450. The first kappa shape index (κ1) is 22.7. The molecule has 0 spiro atoms. The lowest BCUT2D eigenvalue weighted by Gasteiger charge is -2.36. The number of halogens is 1. The summed E-state index contributed by atoms with van der Waals surface area (Å²) in [6, 6.07) is 9.30. The van der Waals surface area contributed by atoms with Crippen molar-refractivity contribution in [3.63, 3.8) is 0 Å². The normalized spacial score (nSPS) is 16.4. The quantitative estimate of drug-likeness (QED) is 0.338. The lowest BCUT2D eigenvalue weighted by Crippen LogP contribution is -2.51. The van der Waals surface area contributed by atoms with Gasteiger partial charge in [-0.25, -0.2) is 17.9 Å². The van der Waals surface area contributed by atoms with Gasteiger partial charge in [0.1, 0.15) is 5.82 Å². The Morgan fingerprint density at radius 3 is 2.47 bits per heavy atom. The van der Waals surface area contributed by atoms with Gasteiger partial charge in [0.05, 0.1) is 11.8 Å². The number of anilines is 1. The van der Waals surface area contributed by atoms with E-state index in [2.05, 4.69) is 0 Å². The largest absolute Gasteiger partial charge is 0.369 e. The molecule has 10 heteroatoms. The van der Waals surface area contributed by atoms with Gasteiger partial charge in [0.15, 0.2) is 0 Å². The molecule has 30 heavy (non-hydrogen) atoms. The lowest BCUT2D eigenvalue weighted by atomic mass is 10.1. The summed E-state index contributed by atoms with van der Waals surface area (Å²) in [7, 11) is -3.65. The Balaban J connectivity index is 1.56. The molecular formula is C20H26FN3O4S2. The number of carbonyl (C=O) groups is 1. The average Bonchev–Trinajstić information content (AvgIpc) is 3.26. The topological polar surface area (TPSA) is 81.2 Å². The van der Waals surface area contributed by atoms with E-state index in [1.807, 2.05) is 22.4 Å². The van der Waals surface area contributed by atoms with Crippen LogP contribution in [0.3, 0.4) is 0 Å². The van der Waals surface area contributed by atoms with Gasteiger partial charge in [-0.05, 0) is 55.0 Å². The SMILES string of the molecule is O=CN(O)C(CCCc1cccs1)CS(=O)(=O)N1CCN(c2ccc(F)cc2)CC1. The molecule has 1 fully saturated rings. The van der Waals surface area contributed by atoms with Gasteiger partial charge in [-0.3, -0.25) is 10.0 Å². The second-order valence-corrected chi connectivity index (χ2v) is 10.3. The number of nitrogens with zero attached hydrogens (tertiary/aromatic N) is 3. The van der Waals surface area contributed by atoms with E-state index in [9.17, 15) is 22.8 Å². The van der Waals surface area contributed by atoms with E-state index in [1.165, 1.54) is 21.3 Å². The third-order valence-corrected chi connectivity index (χ3v) is 8.14. The summed E-state index contributed by atoms with van der Waals surface area (Å²) in [5.41, 5.74) is 0.849. The molecule has 1 aromatic carbocycles. The molecule has 0 radical (unpaired) electrons. The zero-order valence-corrected chi connectivity index (χ0v) is 18.2. The number of hydrogen-bond donors (Lipinski definition) is 1. The van der Waals surface area contributed by atoms with E-state index >= 15 is 0 Å². The molecule has 0 bridgehead atoms. The molecular weight excluding hydrogens is 429 g/mol. The number of aryl methyl sites for hydroxylation is 1. The summed E-state index contributed by atoms with van der Waals surface area (Å²) in [5.74, 6) is -0.628. The number of sulfonamides is 1. The minimum atomic E-state index is -3.65. The number of piperazine rings is 1. The molecule has 1 atom stereocenters. The molecule has 2 heterocycles. The van der Waals surface area contributed by atoms with Gasteiger partial charge in [-0.1, -0.05) is 6.07 Å². The van der Waals surface area contributed by atoms with Crippen LogP contribution in [-0.2, 0) is 21.2 Å². The van der Waals surface area contributed by atoms with Gasteiger partial charge in [0.25, 0.3) is 0 Å². The summed E-state index contributed by atoms with van der Waals surface area (Å²) in [5, 5.41) is 12.3. The van der Waals surface area contributed by atoms with Crippen LogP contribution in [0.15, 0.2) is 41.8 Å². The number of carbonyl (C=O) groups excluding carboxylic acids is 1. The van der Waals surface area contributed by atoms with Crippen LogP contribution in [0.25, 0.3) is 0 Å². The predicted octanol–water partition coefficient (Wildman–Crippen LogP) is 2.58. The van der Waals surface area contributed by atoms with Crippen molar-refractivity contribution in [2.75, 3.05) is 36.8 Å². The maximum absolute atomic E-state index is 13.1. The Morgan fingerprint density at radius 1 is 1.17 bits per heavy atom. The van der Waals surface area contributed by atoms with Crippen molar-refractivity contribution in [3.05, 3.63) is 52.5 Å². The van der Waals surface area contributed by atoms with Crippen molar-refractivity contribution in [1.82, 2.24) is 9.37 Å². The Bertz CT molecular complexity index is 899. The highest BCUT2D eigenvalue weighted by atomic mass is 32.2. The molecule has 2 aromatic rings. The van der Waals surface area contributed by atoms with Crippen LogP contribution in [0.4, 0.5) is 10.1 Å². The molecule has 164 valence electrons. The van der Waals surface area contributed by atoms with Crippen molar-refractivity contribution in [3.8, 4) is 0 Å². The van der Waals surface area contributed by atoms with E-state index in [0.29, 0.717) is 44.1 Å². The van der Waals surface area contributed by atoms with Gasteiger partial charge in [-0.2, -0.15) is 4.31 Å². The molecule has 1 N–H and O–H groups in total. The highest BCUT2D eigenvalue weighted by Crippen LogP contribution is 2.20. The van der Waals surface area contributed by atoms with Gasteiger partial charge in [0, 0.05) is 36.7 Å². The summed E-state index contributed by atoms with van der Waals surface area (Å²) in [4.78, 5) is 14.3. The number of benzene rings is 1. The van der Waals surface area contributed by atoms with E-state index in [1.54, 1.807) is 23.5 Å². The summed E-state index contributed by atoms with van der Waals surface area (Å²) >= 11 is 1.63. The van der Waals surface area contributed by atoms with Crippen molar-refractivity contribution in [2.45, 2.75) is 25.3 Å². The Hall–Kier alpha value is -2.01. The number of hydroxylamine groups is 2. The van der Waals surface area contributed by atoms with E-state index in [-0.39, 0.29) is 18.0 Å². The molecule has 7 nitrogen and oxygen atoms in total. The van der Waals surface area contributed by atoms with Crippen LogP contribution in [0.2, 0.25) is 0 Å². The minimum absolute atomic E-state index is 0.262. The van der Waals surface area contributed by atoms with Crippen LogP contribution in [0.5, 0.6) is 0 Å². The maximum atomic E-state index is 13.1. The van der Waals surface area contributed by atoms with Crippen LogP contribution in [0, 0.1) is 5.82 Å². The van der Waals surface area contributed by atoms with Crippen molar-refractivity contribution in [2.24, 2.45) is 0 Å². The fourth-order valence-electron chi connectivity index (χ4n) is 3.57. The molecule has 1 aliphatic heterocycles. The Morgan fingerprint density at radius 2 is 1.87 bits per heavy atom. The van der Waals surface area contributed by atoms with Crippen molar-refractivity contribution >= 4 is 33.5 Å². The average molecular weight is 456 g/mol. The summed E-state index contributed by atoms with van der Waals surface area (Å²) in [6.07, 6.45) is 2.10. The Kier molecular flexibility index (Phi) is 7.81. The third-order valence-electron chi connectivity index (χ3n) is 5.25. The van der Waals surface area contributed by atoms with Crippen LogP contribution in [0.1, 0.15) is 17.7 Å². The molecule has 1 saturated heterocycles. The van der Waals surface area contributed by atoms with Gasteiger partial charge in [0.2, 0.25) is 16.4 Å². The highest BCUT2D eigenvalue weighted by molar-refractivity contribution is 7.89. The van der Waals surface area contributed by atoms with Crippen molar-refractivity contribution < 1.29 is 22.8 Å². The van der Waals surface area contributed by atoms with Crippen LogP contribution < -0.4 is 4.90 Å². The summed E-state index contributed by atoms with van der Waals surface area (Å²) < 4.78 is 40.3. The van der Waals surface area contributed by atoms with Crippen LogP contribution in [-0.4, -0.2) is 67.4 Å². The van der Waals surface area contributed by atoms with E-state index in [0.717, 1.165) is 12.1 Å². The fourth-order valence-corrected chi connectivity index (χ4v) is 6.06. The maximum Gasteiger partial charge on any atom is 0.233 e. The minimum Gasteiger partial charge on any atom is -0.369 e. The molecule has 0 aliphatic carbocycles. The number of thiophene rings is 1. The first-order valence-electron chi connectivity index (χ1n) is 9.82. The first-order chi connectivity index (χ1) is 14.4. The second-order valence-electron chi connectivity index (χ2n) is 7.25. The van der Waals surface area contributed by atoms with Gasteiger partial charge >= 0.3 is 0 Å². The predicted molar refractivity (Wildman–Crippen MR) is 115 cm³/mol. The first-order valence-corrected chi connectivity index (χ1v) is 12.3. The molecule has 1 amide bonds. The zero-order chi connectivity index (χ0) is 21.6. The van der Waals surface area contributed by atoms with Crippen LogP contribution >= 0.6 is 11.3 Å². The smallest absolute Gasteiger partial charge is 0.233 e. The zero-order valence-electron chi connectivity index (χ0n) is 16.6. The second kappa shape index (κ2) is 10.3. The molecule has 1 unspecified atom stereocenters.